The molecule has 20 heteroatoms. The maximum absolute atomic E-state index is 12.2. The molecule has 0 spiro atoms. The van der Waals surface area contributed by atoms with Gasteiger partial charge in [0.25, 0.3) is 0 Å². The lowest BCUT2D eigenvalue weighted by atomic mass is 9.78. The van der Waals surface area contributed by atoms with E-state index in [1.54, 1.807) is 0 Å². The fourth-order valence-electron chi connectivity index (χ4n) is 11.4. The zero-order valence-corrected chi connectivity index (χ0v) is 48.7. The first-order valence-corrected chi connectivity index (χ1v) is 30.3. The van der Waals surface area contributed by atoms with E-state index in [0.29, 0.717) is 18.8 Å². The number of unbranched alkanes of at least 4 members (excludes halogenated alkanes) is 5. The number of carbonyl (C=O) groups is 2. The van der Waals surface area contributed by atoms with E-state index in [9.17, 15) is 72.3 Å². The van der Waals surface area contributed by atoms with Crippen molar-refractivity contribution in [3.8, 4) is 0 Å². The van der Waals surface area contributed by atoms with Crippen LogP contribution in [0, 0.1) is 5.92 Å². The van der Waals surface area contributed by atoms with Gasteiger partial charge in [-0.15, -0.1) is 11.8 Å². The molecule has 2 N–H and O–H groups in total. The van der Waals surface area contributed by atoms with Gasteiger partial charge in [0.15, 0.2) is 15.8 Å². The number of hydrogen-bond donors (Lipinski definition) is 2. The normalized spacial score (nSPS) is 18.0. The quantitative estimate of drug-likeness (QED) is 0.0287. The summed E-state index contributed by atoms with van der Waals surface area (Å²) in [5.74, 6) is -14.5. The first-order valence-electron chi connectivity index (χ1n) is 27.9. The number of hydrogen-bond acceptors (Lipinski definition) is 7. The van der Waals surface area contributed by atoms with Gasteiger partial charge in [-0.05, 0) is 128 Å². The SMILES string of the molecule is CCCCC(CC)CSC1=C(/C=C/C2=[N+](CCCCCC(=O)O)c3ccc4ccccc4c3C2(C)C)CCC/C1=C\C=C1\N(CCCCCC(=O)O)c2ccc3ccccc3c2C1(C)C.O=S(=O)([O-])C(F)(F)C(F)(F)C(F)(F)C(F)(F)F. The molecular weight excluding hydrogens is 1120 g/mol. The van der Waals surface area contributed by atoms with Crippen LogP contribution in [0.5, 0.6) is 0 Å². The topological polar surface area (TPSA) is 138 Å². The number of aliphatic carboxylic acids is 2. The Kier molecular flexibility index (Phi) is 21.2. The molecule has 0 saturated carbocycles. The average Bonchev–Trinajstić information content (AvgIpc) is 1.59. The van der Waals surface area contributed by atoms with E-state index in [0.717, 1.165) is 63.8 Å². The van der Waals surface area contributed by atoms with Crippen LogP contribution in [0.25, 0.3) is 21.5 Å². The zero-order valence-electron chi connectivity index (χ0n) is 47.1. The van der Waals surface area contributed by atoms with E-state index in [1.807, 2.05) is 0 Å². The number of thioether (sulfide) groups is 1. The van der Waals surface area contributed by atoms with E-state index in [-0.39, 0.29) is 23.7 Å². The van der Waals surface area contributed by atoms with Crippen molar-refractivity contribution in [1.82, 2.24) is 0 Å². The molecule has 0 aromatic heterocycles. The highest BCUT2D eigenvalue weighted by atomic mass is 32.2. The maximum atomic E-state index is 12.2. The smallest absolute Gasteiger partial charge is 0.460 e. The van der Waals surface area contributed by atoms with Gasteiger partial charge in [-0.2, -0.15) is 44.1 Å². The van der Waals surface area contributed by atoms with E-state index in [4.69, 9.17) is 0 Å². The summed E-state index contributed by atoms with van der Waals surface area (Å²) in [6, 6.07) is 26.7. The highest BCUT2D eigenvalue weighted by molar-refractivity contribution is 8.03. The number of halogens is 9. The lowest BCUT2D eigenvalue weighted by molar-refractivity contribution is -0.438. The second-order valence-corrected chi connectivity index (χ2v) is 24.8. The molecule has 4 aromatic carbocycles. The van der Waals surface area contributed by atoms with Gasteiger partial charge in [0, 0.05) is 71.0 Å². The van der Waals surface area contributed by atoms with Crippen LogP contribution >= 0.6 is 11.8 Å². The van der Waals surface area contributed by atoms with Crippen molar-refractivity contribution in [2.24, 2.45) is 5.92 Å². The van der Waals surface area contributed by atoms with Crippen LogP contribution in [-0.4, -0.2) is 87.5 Å². The van der Waals surface area contributed by atoms with Gasteiger partial charge in [0.05, 0.1) is 5.41 Å². The van der Waals surface area contributed by atoms with Crippen molar-refractivity contribution in [3.63, 3.8) is 0 Å². The van der Waals surface area contributed by atoms with Crippen molar-refractivity contribution < 1.29 is 76.9 Å². The molecular formula is C62H73F9N2O7S2. The molecule has 0 radical (unpaired) electrons. The Balaban J connectivity index is 0.000000550. The number of carboxylic acids is 2. The van der Waals surface area contributed by atoms with E-state index < -0.39 is 45.3 Å². The lowest BCUT2D eigenvalue weighted by Gasteiger charge is -2.34. The molecule has 1 atom stereocenters. The standard InChI is InChI=1S/C58H72N2O4S.C4HF9O3S/c1-7-9-21-41(8-2)40-65-56-44(32-36-50-57(3,4)54-46-26-16-14-22-42(46)30-34-48(54)59(50)38-18-10-12-28-52(61)62)24-20-25-45(56)33-37-51-58(5,6)55-47-27-17-15-23-43(47)31-35-49(55)60(51)39-19-11-13-29-53(63)64;5-1(6,3(9,10)11)2(7,8)4(12,13)17(14,15)16/h14-17,22-23,26-27,30-37,41H,7-13,18-21,24-25,28-29,38-40H2,1-6H3,(H-,61,62,63,64);(H,14,15,16). The van der Waals surface area contributed by atoms with Gasteiger partial charge in [0.1, 0.15) is 6.54 Å². The molecule has 2 aliphatic heterocycles. The van der Waals surface area contributed by atoms with Gasteiger partial charge < -0.3 is 19.7 Å². The first kappa shape index (κ1) is 65.6. The van der Waals surface area contributed by atoms with Gasteiger partial charge >= 0.3 is 35.2 Å². The van der Waals surface area contributed by atoms with Crippen LogP contribution in [0.15, 0.2) is 119 Å². The van der Waals surface area contributed by atoms with Crippen LogP contribution in [-0.2, 0) is 30.5 Å². The molecule has 0 amide bonds. The van der Waals surface area contributed by atoms with Crippen LogP contribution in [0.3, 0.4) is 0 Å². The summed E-state index contributed by atoms with van der Waals surface area (Å²) in [5, 5.41) is 16.7. The molecule has 1 aliphatic carbocycles. The lowest BCUT2D eigenvalue weighted by Crippen LogP contribution is -2.63. The largest absolute Gasteiger partial charge is 0.743 e. The molecule has 9 nitrogen and oxygen atoms in total. The minimum absolute atomic E-state index is 0.218. The average molecular weight is 1190 g/mol. The number of carboxylic acid groups (broad SMARTS) is 2. The first-order chi connectivity index (χ1) is 38.4. The van der Waals surface area contributed by atoms with Crippen molar-refractivity contribution in [3.05, 3.63) is 130 Å². The van der Waals surface area contributed by atoms with E-state index >= 15 is 0 Å². The zero-order chi connectivity index (χ0) is 60.6. The Bertz CT molecular complexity index is 3250. The minimum Gasteiger partial charge on any atom is -0.743 e. The van der Waals surface area contributed by atoms with Gasteiger partial charge in [-0.25, -0.2) is 8.42 Å². The highest BCUT2D eigenvalue weighted by Gasteiger charge is 2.83. The highest BCUT2D eigenvalue weighted by Crippen LogP contribution is 2.55. The molecule has 4 aromatic rings. The van der Waals surface area contributed by atoms with Crippen LogP contribution in [0.4, 0.5) is 50.9 Å². The molecule has 3 aliphatic rings. The van der Waals surface area contributed by atoms with Crippen molar-refractivity contribution in [1.29, 1.82) is 0 Å². The van der Waals surface area contributed by atoms with Crippen molar-refractivity contribution >= 4 is 72.4 Å². The molecule has 2 heterocycles. The Hall–Kier alpha value is -5.60. The van der Waals surface area contributed by atoms with Gasteiger partial charge in [-0.3, -0.25) is 9.59 Å². The van der Waals surface area contributed by atoms with E-state index in [1.165, 1.54) is 97.2 Å². The van der Waals surface area contributed by atoms with Crippen molar-refractivity contribution in [2.45, 2.75) is 172 Å². The number of allylic oxidation sites excluding steroid dienone is 7. The fraction of sp³-hybridized carbons (Fsp3) is 0.500. The second kappa shape index (κ2) is 26.5. The molecule has 7 rings (SSSR count). The van der Waals surface area contributed by atoms with Crippen LogP contribution in [0.2, 0.25) is 0 Å². The fourth-order valence-corrected chi connectivity index (χ4v) is 13.3. The number of fused-ring (bicyclic) bond motifs is 6. The molecule has 0 saturated heterocycles. The maximum Gasteiger partial charge on any atom is 0.460 e. The van der Waals surface area contributed by atoms with E-state index in [2.05, 4.69) is 160 Å². The number of alkyl halides is 9. The molecule has 82 heavy (non-hydrogen) atoms. The molecule has 448 valence electrons. The summed E-state index contributed by atoms with van der Waals surface area (Å²) in [6.07, 6.45) is 16.2. The number of rotatable bonds is 25. The van der Waals surface area contributed by atoms with Crippen molar-refractivity contribution in [2.75, 3.05) is 23.7 Å². The summed E-state index contributed by atoms with van der Waals surface area (Å²) in [7, 11) is -7.42. The van der Waals surface area contributed by atoms with Crippen LogP contribution in [0.1, 0.15) is 149 Å². The monoisotopic (exact) mass is 1190 g/mol. The third kappa shape index (κ3) is 14.0. The van der Waals surface area contributed by atoms with Gasteiger partial charge in [-0.1, -0.05) is 120 Å². The predicted octanol–water partition coefficient (Wildman–Crippen LogP) is 17.2. The summed E-state index contributed by atoms with van der Waals surface area (Å²) >= 11 is 2.08. The minimum atomic E-state index is -7.43. The Morgan fingerprint density at radius 1 is 0.720 bits per heavy atom. The predicted molar refractivity (Wildman–Crippen MR) is 306 cm³/mol. The number of benzene rings is 4. The number of nitrogens with zero attached hydrogens (tertiary/aromatic N) is 2. The van der Waals surface area contributed by atoms with Gasteiger partial charge in [0.2, 0.25) is 5.69 Å². The molecule has 0 fully saturated rings. The summed E-state index contributed by atoms with van der Waals surface area (Å²) in [4.78, 5) is 26.7. The number of anilines is 1. The molecule has 1 unspecified atom stereocenters. The Morgan fingerprint density at radius 3 is 1.88 bits per heavy atom. The second-order valence-electron chi connectivity index (χ2n) is 22.3. The third-order valence-electron chi connectivity index (χ3n) is 15.8. The molecule has 0 bridgehead atoms. The Labute approximate surface area is 478 Å². The third-order valence-corrected chi connectivity index (χ3v) is 18.2. The summed E-state index contributed by atoms with van der Waals surface area (Å²) in [5.41, 5.74) is 10.3. The van der Waals surface area contributed by atoms with Crippen LogP contribution < -0.4 is 4.90 Å². The summed E-state index contributed by atoms with van der Waals surface area (Å²) in [6.45, 7) is 15.9. The summed E-state index contributed by atoms with van der Waals surface area (Å²) < 4.78 is 138. The Morgan fingerprint density at radius 2 is 1.30 bits per heavy atom.